The Hall–Kier alpha value is -1.62. The van der Waals surface area contributed by atoms with Crippen molar-refractivity contribution in [1.29, 1.82) is 0 Å². The average Bonchev–Trinajstić information content (AvgIpc) is 2.85. The highest BCUT2D eigenvalue weighted by Crippen LogP contribution is 2.27. The van der Waals surface area contributed by atoms with Gasteiger partial charge in [0.2, 0.25) is 0 Å². The van der Waals surface area contributed by atoms with Crippen molar-refractivity contribution in [3.05, 3.63) is 29.6 Å². The third-order valence-corrected chi connectivity index (χ3v) is 4.43. The minimum absolute atomic E-state index is 0.0170. The molecule has 2 aliphatic rings. The van der Waals surface area contributed by atoms with E-state index in [-0.39, 0.29) is 17.6 Å². The first kappa shape index (κ1) is 13.4. The minimum Gasteiger partial charge on any atom is -0.396 e. The summed E-state index contributed by atoms with van der Waals surface area (Å²) in [4.78, 5) is 14.7. The highest BCUT2D eigenvalue weighted by Gasteiger charge is 2.36. The maximum absolute atomic E-state index is 13.1. The van der Waals surface area contributed by atoms with Crippen molar-refractivity contribution in [3.8, 4) is 0 Å². The van der Waals surface area contributed by atoms with E-state index in [4.69, 9.17) is 5.73 Å². The van der Waals surface area contributed by atoms with Crippen LogP contribution in [0, 0.1) is 5.82 Å². The molecule has 2 heterocycles. The molecule has 2 aliphatic heterocycles. The number of amides is 1. The molecular formula is C15H20FN3O. The monoisotopic (exact) mass is 277 g/mol. The van der Waals surface area contributed by atoms with E-state index in [1.54, 1.807) is 0 Å². The maximum Gasteiger partial charge on any atom is 0.251 e. The topological polar surface area (TPSA) is 58.4 Å². The van der Waals surface area contributed by atoms with Gasteiger partial charge in [0.25, 0.3) is 5.91 Å². The van der Waals surface area contributed by atoms with Gasteiger partial charge in [-0.15, -0.1) is 0 Å². The Kier molecular flexibility index (Phi) is 3.61. The molecule has 0 saturated carbocycles. The number of carbonyl (C=O) groups excluding carboxylic acids is 1. The quantitative estimate of drug-likeness (QED) is 0.810. The molecule has 0 bridgehead atoms. The summed E-state index contributed by atoms with van der Waals surface area (Å²) in [6.07, 6.45) is 4.63. The molecule has 3 N–H and O–H groups in total. The Morgan fingerprint density at radius 3 is 2.95 bits per heavy atom. The van der Waals surface area contributed by atoms with E-state index >= 15 is 0 Å². The molecule has 108 valence electrons. The maximum atomic E-state index is 13.1. The number of rotatable bonds is 2. The summed E-state index contributed by atoms with van der Waals surface area (Å²) in [6, 6.07) is 4.79. The van der Waals surface area contributed by atoms with Crippen LogP contribution >= 0.6 is 0 Å². The summed E-state index contributed by atoms with van der Waals surface area (Å²) in [5.41, 5.74) is 5.96. The number of benzene rings is 1. The first-order chi connectivity index (χ1) is 9.65. The van der Waals surface area contributed by atoms with Gasteiger partial charge in [0.05, 0.1) is 5.69 Å². The number of hydrogen-bond donors (Lipinski definition) is 2. The van der Waals surface area contributed by atoms with E-state index in [2.05, 4.69) is 10.2 Å². The van der Waals surface area contributed by atoms with Gasteiger partial charge in [-0.05, 0) is 44.0 Å². The SMILES string of the molecule is Nc1cc(C(=O)NC2CCN3CCCCC23)ccc1F. The van der Waals surface area contributed by atoms with Gasteiger partial charge in [0, 0.05) is 24.2 Å². The lowest BCUT2D eigenvalue weighted by Crippen LogP contribution is -2.46. The molecule has 2 fully saturated rings. The molecule has 0 aromatic heterocycles. The van der Waals surface area contributed by atoms with Gasteiger partial charge < -0.3 is 11.1 Å². The van der Waals surface area contributed by atoms with E-state index in [1.165, 1.54) is 31.0 Å². The number of nitrogens with two attached hydrogens (primary N) is 1. The van der Waals surface area contributed by atoms with Crippen molar-refractivity contribution in [2.75, 3.05) is 18.8 Å². The summed E-state index contributed by atoms with van der Waals surface area (Å²) >= 11 is 0. The standard InChI is InChI=1S/C15H20FN3O/c16-11-5-4-10(9-12(11)17)15(20)18-13-6-8-19-7-2-1-3-14(13)19/h4-5,9,13-14H,1-3,6-8,17H2,(H,18,20). The van der Waals surface area contributed by atoms with Crippen molar-refractivity contribution in [2.45, 2.75) is 37.8 Å². The predicted molar refractivity (Wildman–Crippen MR) is 75.9 cm³/mol. The van der Waals surface area contributed by atoms with E-state index in [1.807, 2.05) is 0 Å². The molecule has 1 aromatic rings. The summed E-state index contributed by atoms with van der Waals surface area (Å²) < 4.78 is 13.1. The summed E-state index contributed by atoms with van der Waals surface area (Å²) in [6.45, 7) is 2.20. The first-order valence-corrected chi connectivity index (χ1v) is 7.25. The third-order valence-electron chi connectivity index (χ3n) is 4.43. The van der Waals surface area contributed by atoms with Crippen molar-refractivity contribution in [2.24, 2.45) is 0 Å². The number of nitrogen functional groups attached to an aromatic ring is 1. The van der Waals surface area contributed by atoms with Gasteiger partial charge in [0.15, 0.2) is 0 Å². The number of piperidine rings is 1. The van der Waals surface area contributed by atoms with E-state index in [0.717, 1.165) is 25.9 Å². The van der Waals surface area contributed by atoms with Gasteiger partial charge in [-0.2, -0.15) is 0 Å². The van der Waals surface area contributed by atoms with Crippen LogP contribution in [0.2, 0.25) is 0 Å². The number of nitrogens with zero attached hydrogens (tertiary/aromatic N) is 1. The molecule has 2 saturated heterocycles. The predicted octanol–water partition coefficient (Wildman–Crippen LogP) is 1.76. The van der Waals surface area contributed by atoms with E-state index in [9.17, 15) is 9.18 Å². The van der Waals surface area contributed by atoms with Crippen LogP contribution in [-0.4, -0.2) is 36.0 Å². The van der Waals surface area contributed by atoms with Gasteiger partial charge in [-0.25, -0.2) is 4.39 Å². The van der Waals surface area contributed by atoms with Crippen LogP contribution in [0.4, 0.5) is 10.1 Å². The fourth-order valence-corrected chi connectivity index (χ4v) is 3.35. The zero-order valence-corrected chi connectivity index (χ0v) is 11.4. The van der Waals surface area contributed by atoms with Crippen LogP contribution < -0.4 is 11.1 Å². The number of carbonyl (C=O) groups is 1. The smallest absolute Gasteiger partial charge is 0.251 e. The molecule has 2 atom stereocenters. The van der Waals surface area contributed by atoms with Crippen molar-refractivity contribution < 1.29 is 9.18 Å². The van der Waals surface area contributed by atoms with Crippen molar-refractivity contribution in [3.63, 3.8) is 0 Å². The fraction of sp³-hybridized carbons (Fsp3) is 0.533. The second-order valence-electron chi connectivity index (χ2n) is 5.70. The first-order valence-electron chi connectivity index (χ1n) is 7.25. The van der Waals surface area contributed by atoms with Crippen molar-refractivity contribution >= 4 is 11.6 Å². The molecule has 2 unspecified atom stereocenters. The van der Waals surface area contributed by atoms with Crippen LogP contribution in [0.1, 0.15) is 36.0 Å². The van der Waals surface area contributed by atoms with Crippen LogP contribution in [0.3, 0.4) is 0 Å². The van der Waals surface area contributed by atoms with Crippen LogP contribution in [0.5, 0.6) is 0 Å². The van der Waals surface area contributed by atoms with Crippen LogP contribution in [0.25, 0.3) is 0 Å². The molecule has 1 amide bonds. The molecule has 0 spiro atoms. The minimum atomic E-state index is -0.485. The zero-order valence-electron chi connectivity index (χ0n) is 11.4. The summed E-state index contributed by atoms with van der Waals surface area (Å²) in [5, 5.41) is 3.08. The van der Waals surface area contributed by atoms with Gasteiger partial charge in [0.1, 0.15) is 5.82 Å². The highest BCUT2D eigenvalue weighted by atomic mass is 19.1. The normalized spacial score (nSPS) is 26.2. The Morgan fingerprint density at radius 1 is 1.30 bits per heavy atom. The Morgan fingerprint density at radius 2 is 2.15 bits per heavy atom. The Labute approximate surface area is 118 Å². The second kappa shape index (κ2) is 5.40. The molecular weight excluding hydrogens is 257 g/mol. The van der Waals surface area contributed by atoms with Gasteiger partial charge in [-0.1, -0.05) is 6.42 Å². The molecule has 3 rings (SSSR count). The number of nitrogens with one attached hydrogen (secondary N) is 1. The number of fused-ring (bicyclic) bond motifs is 1. The zero-order chi connectivity index (χ0) is 14.1. The molecule has 5 heteroatoms. The van der Waals surface area contributed by atoms with Crippen LogP contribution in [0.15, 0.2) is 18.2 Å². The number of anilines is 1. The van der Waals surface area contributed by atoms with Crippen LogP contribution in [-0.2, 0) is 0 Å². The number of hydrogen-bond acceptors (Lipinski definition) is 3. The van der Waals surface area contributed by atoms with E-state index in [0.29, 0.717) is 11.6 Å². The highest BCUT2D eigenvalue weighted by molar-refractivity contribution is 5.95. The Balaban J connectivity index is 1.68. The Bertz CT molecular complexity index is 520. The summed E-state index contributed by atoms with van der Waals surface area (Å²) in [5.74, 6) is -0.644. The average molecular weight is 277 g/mol. The second-order valence-corrected chi connectivity index (χ2v) is 5.70. The lowest BCUT2D eigenvalue weighted by atomic mass is 9.99. The fourth-order valence-electron chi connectivity index (χ4n) is 3.35. The molecule has 1 aromatic carbocycles. The van der Waals surface area contributed by atoms with Gasteiger partial charge in [-0.3, -0.25) is 9.69 Å². The lowest BCUT2D eigenvalue weighted by molar-refractivity contribution is 0.0915. The molecule has 0 aliphatic carbocycles. The number of halogens is 1. The lowest BCUT2D eigenvalue weighted by Gasteiger charge is -2.32. The molecule has 20 heavy (non-hydrogen) atoms. The molecule has 4 nitrogen and oxygen atoms in total. The van der Waals surface area contributed by atoms with Gasteiger partial charge >= 0.3 is 0 Å². The summed E-state index contributed by atoms with van der Waals surface area (Å²) in [7, 11) is 0. The van der Waals surface area contributed by atoms with E-state index < -0.39 is 5.82 Å². The molecule has 0 radical (unpaired) electrons. The third kappa shape index (κ3) is 2.50. The largest absolute Gasteiger partial charge is 0.396 e. The van der Waals surface area contributed by atoms with Crippen molar-refractivity contribution in [1.82, 2.24) is 10.2 Å².